The van der Waals surface area contributed by atoms with Crippen molar-refractivity contribution in [1.82, 2.24) is 0 Å². The summed E-state index contributed by atoms with van der Waals surface area (Å²) in [5.41, 5.74) is 0.680. The van der Waals surface area contributed by atoms with E-state index in [2.05, 4.69) is 5.32 Å². The van der Waals surface area contributed by atoms with Gasteiger partial charge in [-0.05, 0) is 18.2 Å². The van der Waals surface area contributed by atoms with Crippen LogP contribution >= 0.6 is 11.6 Å². The summed E-state index contributed by atoms with van der Waals surface area (Å²) in [6, 6.07) is 6.25. The summed E-state index contributed by atoms with van der Waals surface area (Å²) in [6.45, 7) is 0. The Balaban J connectivity index is 2.79. The Morgan fingerprint density at radius 2 is 2.12 bits per heavy atom. The van der Waals surface area contributed by atoms with E-state index in [1.54, 1.807) is 0 Å². The topological polar surface area (TPSA) is 90.2 Å². The lowest BCUT2D eigenvalue weighted by Gasteiger charge is -2.04. The van der Waals surface area contributed by atoms with Gasteiger partial charge in [0, 0.05) is 12.2 Å². The van der Waals surface area contributed by atoms with Gasteiger partial charge in [0.05, 0.1) is 22.3 Å². The number of aliphatic carboxylic acids is 1. The highest BCUT2D eigenvalue weighted by molar-refractivity contribution is 6.34. The zero-order valence-electron chi connectivity index (χ0n) is 8.48. The van der Waals surface area contributed by atoms with Crippen molar-refractivity contribution in [3.8, 4) is 6.07 Å². The third kappa shape index (κ3) is 3.97. The third-order valence-electron chi connectivity index (χ3n) is 1.73. The molecule has 0 saturated heterocycles. The first-order valence-corrected chi connectivity index (χ1v) is 4.82. The fourth-order valence-electron chi connectivity index (χ4n) is 1.01. The number of nitriles is 1. The minimum Gasteiger partial charge on any atom is -0.478 e. The summed E-state index contributed by atoms with van der Waals surface area (Å²) in [6.07, 6.45) is 1.59. The van der Waals surface area contributed by atoms with Crippen molar-refractivity contribution in [2.45, 2.75) is 0 Å². The highest BCUT2D eigenvalue weighted by Crippen LogP contribution is 2.22. The normalized spacial score (nSPS) is 9.88. The lowest BCUT2D eigenvalue weighted by atomic mass is 10.2. The molecule has 0 aliphatic heterocycles. The average Bonchev–Trinajstić information content (AvgIpc) is 2.29. The quantitative estimate of drug-likeness (QED) is 0.800. The van der Waals surface area contributed by atoms with E-state index in [9.17, 15) is 9.59 Å². The number of rotatable bonds is 3. The molecule has 2 N–H and O–H groups in total. The summed E-state index contributed by atoms with van der Waals surface area (Å²) in [4.78, 5) is 21.4. The van der Waals surface area contributed by atoms with Gasteiger partial charge in [-0.15, -0.1) is 0 Å². The highest BCUT2D eigenvalue weighted by atomic mass is 35.5. The van der Waals surface area contributed by atoms with Gasteiger partial charge in [-0.25, -0.2) is 4.79 Å². The molecule has 0 aliphatic carbocycles. The number of hydrogen-bond acceptors (Lipinski definition) is 3. The van der Waals surface area contributed by atoms with Gasteiger partial charge in [0.15, 0.2) is 0 Å². The number of hydrogen-bond donors (Lipinski definition) is 2. The van der Waals surface area contributed by atoms with Crippen LogP contribution in [0.25, 0.3) is 0 Å². The monoisotopic (exact) mass is 250 g/mol. The van der Waals surface area contributed by atoms with Gasteiger partial charge in [-0.1, -0.05) is 11.6 Å². The van der Waals surface area contributed by atoms with Crippen molar-refractivity contribution >= 4 is 29.2 Å². The maximum atomic E-state index is 11.2. The second kappa shape index (κ2) is 5.68. The van der Waals surface area contributed by atoms with Crippen LogP contribution in [0.2, 0.25) is 5.02 Å². The molecule has 5 nitrogen and oxygen atoms in total. The number of carbonyl (C=O) groups is 2. The lowest BCUT2D eigenvalue weighted by molar-refractivity contribution is -0.131. The van der Waals surface area contributed by atoms with E-state index in [-0.39, 0.29) is 5.02 Å². The van der Waals surface area contributed by atoms with Crippen LogP contribution in [-0.4, -0.2) is 17.0 Å². The number of halogens is 1. The average molecular weight is 251 g/mol. The smallest absolute Gasteiger partial charge is 0.328 e. The fourth-order valence-corrected chi connectivity index (χ4v) is 1.24. The standard InChI is InChI=1S/C11H7ClN2O3/c12-8-5-7(6-13)1-2-9(8)14-10(15)3-4-11(16)17/h1-5H,(H,14,15)(H,16,17)/b4-3+. The summed E-state index contributed by atoms with van der Waals surface area (Å²) in [7, 11) is 0. The van der Waals surface area contributed by atoms with E-state index in [4.69, 9.17) is 22.0 Å². The van der Waals surface area contributed by atoms with E-state index >= 15 is 0 Å². The van der Waals surface area contributed by atoms with E-state index in [0.29, 0.717) is 17.3 Å². The van der Waals surface area contributed by atoms with Gasteiger partial charge in [-0.3, -0.25) is 4.79 Å². The van der Waals surface area contributed by atoms with Crippen LogP contribution in [0.3, 0.4) is 0 Å². The number of carbonyl (C=O) groups excluding carboxylic acids is 1. The Morgan fingerprint density at radius 3 is 2.65 bits per heavy atom. The zero-order chi connectivity index (χ0) is 12.8. The first-order chi connectivity index (χ1) is 8.02. The molecule has 1 aromatic rings. The van der Waals surface area contributed by atoms with Gasteiger partial charge < -0.3 is 10.4 Å². The first kappa shape index (κ1) is 12.7. The Hall–Kier alpha value is -2.32. The SMILES string of the molecule is N#Cc1ccc(NC(=O)/C=C/C(=O)O)c(Cl)c1. The molecule has 17 heavy (non-hydrogen) atoms. The molecule has 0 bridgehead atoms. The molecule has 0 atom stereocenters. The van der Waals surface area contributed by atoms with E-state index in [1.807, 2.05) is 6.07 Å². The molecule has 1 amide bonds. The molecule has 0 saturated carbocycles. The number of benzene rings is 1. The molecule has 86 valence electrons. The second-order valence-corrected chi connectivity index (χ2v) is 3.37. The molecule has 1 rings (SSSR count). The fraction of sp³-hybridized carbons (Fsp3) is 0. The minimum atomic E-state index is -1.22. The van der Waals surface area contributed by atoms with Crippen molar-refractivity contribution in [2.24, 2.45) is 0 Å². The highest BCUT2D eigenvalue weighted by Gasteiger charge is 2.04. The van der Waals surface area contributed by atoms with Crippen molar-refractivity contribution in [2.75, 3.05) is 5.32 Å². The van der Waals surface area contributed by atoms with Gasteiger partial charge in [-0.2, -0.15) is 5.26 Å². The minimum absolute atomic E-state index is 0.209. The summed E-state index contributed by atoms with van der Waals surface area (Å²) in [5, 5.41) is 19.5. The van der Waals surface area contributed by atoms with Crippen molar-refractivity contribution in [3.05, 3.63) is 40.9 Å². The number of carboxylic acid groups (broad SMARTS) is 1. The van der Waals surface area contributed by atoms with Crippen LogP contribution in [0.4, 0.5) is 5.69 Å². The molecular weight excluding hydrogens is 244 g/mol. The van der Waals surface area contributed by atoms with Gasteiger partial charge in [0.1, 0.15) is 0 Å². The van der Waals surface area contributed by atoms with E-state index in [1.165, 1.54) is 18.2 Å². The van der Waals surface area contributed by atoms with Crippen LogP contribution in [-0.2, 0) is 9.59 Å². The van der Waals surface area contributed by atoms with Crippen molar-refractivity contribution < 1.29 is 14.7 Å². The Morgan fingerprint density at radius 1 is 1.41 bits per heavy atom. The molecule has 1 aromatic carbocycles. The molecule has 0 spiro atoms. The van der Waals surface area contributed by atoms with Gasteiger partial charge in [0.25, 0.3) is 0 Å². The van der Waals surface area contributed by atoms with Gasteiger partial charge in [0.2, 0.25) is 5.91 Å². The predicted octanol–water partition coefficient (Wildman–Crippen LogP) is 1.79. The maximum Gasteiger partial charge on any atom is 0.328 e. The largest absolute Gasteiger partial charge is 0.478 e. The molecule has 0 aromatic heterocycles. The maximum absolute atomic E-state index is 11.2. The van der Waals surface area contributed by atoms with Crippen LogP contribution in [0.15, 0.2) is 30.4 Å². The van der Waals surface area contributed by atoms with E-state index < -0.39 is 11.9 Å². The summed E-state index contributed by atoms with van der Waals surface area (Å²) >= 11 is 5.81. The number of nitrogens with one attached hydrogen (secondary N) is 1. The molecule has 0 radical (unpaired) electrons. The number of amides is 1. The Kier molecular flexibility index (Phi) is 4.26. The van der Waals surface area contributed by atoms with Gasteiger partial charge >= 0.3 is 5.97 Å². The molecule has 0 heterocycles. The van der Waals surface area contributed by atoms with Crippen LogP contribution in [0.1, 0.15) is 5.56 Å². The number of carboxylic acids is 1. The van der Waals surface area contributed by atoms with Crippen molar-refractivity contribution in [3.63, 3.8) is 0 Å². The van der Waals surface area contributed by atoms with E-state index in [0.717, 1.165) is 6.08 Å². The lowest BCUT2D eigenvalue weighted by Crippen LogP contribution is -2.09. The van der Waals surface area contributed by atoms with Crippen LogP contribution in [0.5, 0.6) is 0 Å². The Labute approximate surface area is 102 Å². The summed E-state index contributed by atoms with van der Waals surface area (Å²) in [5.74, 6) is -1.83. The van der Waals surface area contributed by atoms with Crippen LogP contribution in [0, 0.1) is 11.3 Å². The predicted molar refractivity (Wildman–Crippen MR) is 61.6 cm³/mol. The molecule has 0 unspecified atom stereocenters. The van der Waals surface area contributed by atoms with Crippen LogP contribution < -0.4 is 5.32 Å². The summed E-state index contributed by atoms with van der Waals surface area (Å²) < 4.78 is 0. The van der Waals surface area contributed by atoms with Crippen molar-refractivity contribution in [1.29, 1.82) is 5.26 Å². The molecular formula is C11H7ClN2O3. The third-order valence-corrected chi connectivity index (χ3v) is 2.05. The Bertz CT molecular complexity index is 532. The zero-order valence-corrected chi connectivity index (χ0v) is 9.23. The second-order valence-electron chi connectivity index (χ2n) is 2.97. The number of anilines is 1. The molecule has 6 heteroatoms. The first-order valence-electron chi connectivity index (χ1n) is 4.44. The molecule has 0 fully saturated rings. The number of nitrogens with zero attached hydrogens (tertiary/aromatic N) is 1. The molecule has 0 aliphatic rings.